The zero-order valence-corrected chi connectivity index (χ0v) is 15.8. The molecular formula is C20H25ClN2O3. The number of benzene rings is 2. The molecule has 2 aromatic carbocycles. The molecule has 0 spiro atoms. The maximum atomic E-state index is 12.3. The van der Waals surface area contributed by atoms with Crippen LogP contribution in [0.5, 0.6) is 5.75 Å². The molecule has 1 amide bonds. The summed E-state index contributed by atoms with van der Waals surface area (Å²) in [4.78, 5) is 12.3. The van der Waals surface area contributed by atoms with Gasteiger partial charge in [-0.15, -0.1) is 12.4 Å². The summed E-state index contributed by atoms with van der Waals surface area (Å²) in [5, 5.41) is 6.09. The topological polar surface area (TPSA) is 59.6 Å². The summed E-state index contributed by atoms with van der Waals surface area (Å²) in [7, 11) is 0. The van der Waals surface area contributed by atoms with Crippen LogP contribution in [0.15, 0.2) is 48.5 Å². The van der Waals surface area contributed by atoms with Crippen molar-refractivity contribution >= 4 is 24.0 Å². The molecule has 2 unspecified atom stereocenters. The van der Waals surface area contributed by atoms with Gasteiger partial charge < -0.3 is 20.1 Å². The van der Waals surface area contributed by atoms with Crippen LogP contribution < -0.4 is 15.4 Å². The third-order valence-electron chi connectivity index (χ3n) is 4.26. The average Bonchev–Trinajstić information content (AvgIpc) is 2.65. The van der Waals surface area contributed by atoms with E-state index in [0.717, 1.165) is 29.1 Å². The van der Waals surface area contributed by atoms with Gasteiger partial charge in [0.1, 0.15) is 18.0 Å². The Morgan fingerprint density at radius 3 is 2.69 bits per heavy atom. The monoisotopic (exact) mass is 376 g/mol. The van der Waals surface area contributed by atoms with Crippen LogP contribution in [0.1, 0.15) is 24.2 Å². The first-order chi connectivity index (χ1) is 12.1. The number of hydrogen-bond acceptors (Lipinski definition) is 4. The van der Waals surface area contributed by atoms with Gasteiger partial charge >= 0.3 is 0 Å². The Morgan fingerprint density at radius 2 is 2.04 bits per heavy atom. The largest absolute Gasteiger partial charge is 0.486 e. The Kier molecular flexibility index (Phi) is 7.45. The molecule has 1 aliphatic heterocycles. The molecule has 0 bridgehead atoms. The molecular weight excluding hydrogens is 352 g/mol. The molecule has 140 valence electrons. The number of rotatable bonds is 5. The van der Waals surface area contributed by atoms with E-state index in [4.69, 9.17) is 9.47 Å². The summed E-state index contributed by atoms with van der Waals surface area (Å²) in [6, 6.07) is 15.8. The van der Waals surface area contributed by atoms with Crippen LogP contribution in [0, 0.1) is 6.92 Å². The summed E-state index contributed by atoms with van der Waals surface area (Å²) >= 11 is 0. The fourth-order valence-electron chi connectivity index (χ4n) is 2.79. The van der Waals surface area contributed by atoms with Crippen LogP contribution in [0.25, 0.3) is 0 Å². The third kappa shape index (κ3) is 5.21. The lowest BCUT2D eigenvalue weighted by molar-refractivity contribution is -0.128. The zero-order valence-electron chi connectivity index (χ0n) is 15.0. The molecule has 2 aromatic rings. The number of nitrogens with one attached hydrogen (secondary N) is 2. The number of anilines is 1. The first-order valence-corrected chi connectivity index (χ1v) is 8.59. The summed E-state index contributed by atoms with van der Waals surface area (Å²) in [5.74, 6) is 0.657. The van der Waals surface area contributed by atoms with Gasteiger partial charge in [0, 0.05) is 18.8 Å². The third-order valence-corrected chi connectivity index (χ3v) is 4.26. The van der Waals surface area contributed by atoms with Crippen LogP contribution in [0.2, 0.25) is 0 Å². The van der Waals surface area contributed by atoms with Crippen LogP contribution in [-0.2, 0) is 9.53 Å². The lowest BCUT2D eigenvalue weighted by atomic mass is 10.1. The van der Waals surface area contributed by atoms with Crippen molar-refractivity contribution in [1.82, 2.24) is 5.32 Å². The molecule has 26 heavy (non-hydrogen) atoms. The van der Waals surface area contributed by atoms with Gasteiger partial charge in [-0.05, 0) is 43.2 Å². The molecule has 1 fully saturated rings. The van der Waals surface area contributed by atoms with Gasteiger partial charge in [-0.1, -0.05) is 30.3 Å². The first-order valence-electron chi connectivity index (χ1n) is 8.59. The van der Waals surface area contributed by atoms with E-state index in [-0.39, 0.29) is 24.4 Å². The summed E-state index contributed by atoms with van der Waals surface area (Å²) in [6.07, 6.45) is -0.482. The van der Waals surface area contributed by atoms with Gasteiger partial charge in [0.25, 0.3) is 5.91 Å². The molecule has 1 saturated heterocycles. The molecule has 0 aliphatic carbocycles. The number of amides is 1. The highest BCUT2D eigenvalue weighted by molar-refractivity contribution is 5.95. The second-order valence-corrected chi connectivity index (χ2v) is 6.20. The van der Waals surface area contributed by atoms with Crippen molar-refractivity contribution in [1.29, 1.82) is 0 Å². The van der Waals surface area contributed by atoms with E-state index in [1.165, 1.54) is 0 Å². The highest BCUT2D eigenvalue weighted by Gasteiger charge is 2.22. The second kappa shape index (κ2) is 9.57. The molecule has 0 radical (unpaired) electrons. The van der Waals surface area contributed by atoms with Crippen LogP contribution in [0.3, 0.4) is 0 Å². The number of carbonyl (C=O) groups is 1. The van der Waals surface area contributed by atoms with Crippen molar-refractivity contribution in [3.05, 3.63) is 59.7 Å². The number of aryl methyl sites for hydroxylation is 1. The molecule has 2 atom stereocenters. The van der Waals surface area contributed by atoms with E-state index >= 15 is 0 Å². The highest BCUT2D eigenvalue weighted by Crippen LogP contribution is 2.26. The number of hydrogen-bond donors (Lipinski definition) is 2. The minimum atomic E-state index is -0.442. The van der Waals surface area contributed by atoms with Crippen molar-refractivity contribution in [2.75, 3.05) is 25.0 Å². The summed E-state index contributed by atoms with van der Waals surface area (Å²) in [6.45, 7) is 5.86. The van der Waals surface area contributed by atoms with Crippen LogP contribution in [-0.4, -0.2) is 31.7 Å². The predicted octanol–water partition coefficient (Wildman–Crippen LogP) is 3.48. The lowest BCUT2D eigenvalue weighted by Crippen LogP contribution is -2.45. The minimum absolute atomic E-state index is 0. The SMILES string of the molecule is Cc1cc(OC(C)c2ccccc2)ccc1NC(=O)C1CNCCO1.Cl. The molecule has 1 heterocycles. The van der Waals surface area contributed by atoms with E-state index in [2.05, 4.69) is 10.6 Å². The minimum Gasteiger partial charge on any atom is -0.486 e. The fraction of sp³-hybridized carbons (Fsp3) is 0.350. The van der Waals surface area contributed by atoms with Gasteiger partial charge in [-0.25, -0.2) is 0 Å². The first kappa shape index (κ1) is 20.2. The van der Waals surface area contributed by atoms with Crippen molar-refractivity contribution < 1.29 is 14.3 Å². The molecule has 1 aliphatic rings. The Balaban J connectivity index is 0.00000243. The maximum Gasteiger partial charge on any atom is 0.254 e. The van der Waals surface area contributed by atoms with E-state index in [1.54, 1.807) is 0 Å². The zero-order chi connectivity index (χ0) is 17.6. The average molecular weight is 377 g/mol. The Labute approximate surface area is 160 Å². The lowest BCUT2D eigenvalue weighted by Gasteiger charge is -2.23. The number of ether oxygens (including phenoxy) is 2. The van der Waals surface area contributed by atoms with Gasteiger partial charge in [0.15, 0.2) is 0 Å². The quantitative estimate of drug-likeness (QED) is 0.838. The van der Waals surface area contributed by atoms with Gasteiger partial charge in [0.2, 0.25) is 0 Å². The van der Waals surface area contributed by atoms with E-state index in [0.29, 0.717) is 13.2 Å². The van der Waals surface area contributed by atoms with Gasteiger partial charge in [-0.3, -0.25) is 4.79 Å². The van der Waals surface area contributed by atoms with E-state index in [9.17, 15) is 4.79 Å². The predicted molar refractivity (Wildman–Crippen MR) is 105 cm³/mol. The van der Waals surface area contributed by atoms with E-state index < -0.39 is 6.10 Å². The maximum absolute atomic E-state index is 12.3. The number of halogens is 1. The van der Waals surface area contributed by atoms with Crippen LogP contribution in [0.4, 0.5) is 5.69 Å². The normalized spacial score (nSPS) is 17.7. The number of carbonyl (C=O) groups excluding carboxylic acids is 1. The molecule has 0 aromatic heterocycles. The van der Waals surface area contributed by atoms with Crippen molar-refractivity contribution in [2.45, 2.75) is 26.1 Å². The summed E-state index contributed by atoms with van der Waals surface area (Å²) < 4.78 is 11.5. The Bertz CT molecular complexity index is 718. The van der Waals surface area contributed by atoms with Gasteiger partial charge in [-0.2, -0.15) is 0 Å². The van der Waals surface area contributed by atoms with Gasteiger partial charge in [0.05, 0.1) is 6.61 Å². The Hall–Kier alpha value is -2.08. The molecule has 5 nitrogen and oxygen atoms in total. The van der Waals surface area contributed by atoms with Crippen molar-refractivity contribution in [3.8, 4) is 5.75 Å². The molecule has 0 saturated carbocycles. The van der Waals surface area contributed by atoms with Crippen molar-refractivity contribution in [3.63, 3.8) is 0 Å². The molecule has 2 N–H and O–H groups in total. The molecule has 3 rings (SSSR count). The summed E-state index contributed by atoms with van der Waals surface area (Å²) in [5.41, 5.74) is 2.85. The smallest absolute Gasteiger partial charge is 0.254 e. The molecule has 6 heteroatoms. The standard InChI is InChI=1S/C20H24N2O3.ClH/c1-14-12-17(25-15(2)16-6-4-3-5-7-16)8-9-18(14)22-20(23)19-13-21-10-11-24-19;/h3-9,12,15,19,21H,10-11,13H2,1-2H3,(H,22,23);1H. The fourth-order valence-corrected chi connectivity index (χ4v) is 2.79. The van der Waals surface area contributed by atoms with E-state index in [1.807, 2.05) is 62.4 Å². The Morgan fingerprint density at radius 1 is 1.27 bits per heavy atom. The highest BCUT2D eigenvalue weighted by atomic mass is 35.5. The van der Waals surface area contributed by atoms with Crippen molar-refractivity contribution in [2.24, 2.45) is 0 Å². The number of morpholine rings is 1. The second-order valence-electron chi connectivity index (χ2n) is 6.20. The van der Waals surface area contributed by atoms with Crippen LogP contribution >= 0.6 is 12.4 Å².